The molecule has 13 rings (SSSR count). The molecule has 10 heterocycles. The van der Waals surface area contributed by atoms with Crippen molar-refractivity contribution in [1.82, 2.24) is 40.1 Å². The maximum atomic E-state index is 15.4. The summed E-state index contributed by atoms with van der Waals surface area (Å²) in [4.78, 5) is 61.9. The molecule has 1 spiro atoms. The number of ether oxygens (including phenoxy) is 5. The fourth-order valence-electron chi connectivity index (χ4n) is 13.0. The Hall–Kier alpha value is -4.61. The molecule has 1 aromatic carbocycles. The van der Waals surface area contributed by atoms with Gasteiger partial charge in [-0.3, -0.25) is 34.2 Å². The summed E-state index contributed by atoms with van der Waals surface area (Å²) in [5.41, 5.74) is 10.3. The maximum absolute atomic E-state index is 15.4. The second kappa shape index (κ2) is 21.5. The van der Waals surface area contributed by atoms with E-state index in [1.54, 1.807) is 14.0 Å². The number of nitrogens with one attached hydrogen (secondary N) is 2. The molecule has 19 nitrogen and oxygen atoms in total. The number of benzene rings is 1. The standard InChI is InChI=1S/C57H77N9O10S/c1-33(26-67)51(68)52(69)60-48-50(64-28-57(29-64)31-74-32-57)53-59-44(27-77-53)35-6-9-45-41(22-35)43(24-56(3,4)30-76-55(71)47-36-20-38(21-36)66(61-47)54(48)70)49(65(45)16-19-75-40-10-17-73-18-11-40)42-23-39(25-58-46(42)34(2)72-5)63-14-12-62(13-15-63)37-7-8-37/h6,9,22-23,25,27,33-34,36-38,40,47-48,50-51,61,67-68H,7-8,10-21,24,26,28-32H2,1-5H3,(H,60,69)/t33-,34-,36?,38?,47-,48-,50-,51-/m0/s1. The number of cyclic esters (lactones) is 1. The molecule has 2 saturated carbocycles. The van der Waals surface area contributed by atoms with E-state index in [-0.39, 0.29) is 36.2 Å². The number of esters is 1. The number of hydrogen-bond donors (Lipinski definition) is 4. The second-order valence-corrected chi connectivity index (χ2v) is 25.2. The second-order valence-electron chi connectivity index (χ2n) is 24.3. The third-order valence-corrected chi connectivity index (χ3v) is 18.9. The molecule has 0 radical (unpaired) electrons. The molecular weight excluding hydrogens is 1000 g/mol. The molecule has 2 amide bonds. The van der Waals surface area contributed by atoms with Crippen LogP contribution in [-0.2, 0) is 51.0 Å². The third kappa shape index (κ3) is 10.3. The molecule has 8 bridgehead atoms. The summed E-state index contributed by atoms with van der Waals surface area (Å²) < 4.78 is 33.0. The summed E-state index contributed by atoms with van der Waals surface area (Å²) >= 11 is 1.43. The summed E-state index contributed by atoms with van der Waals surface area (Å²) in [6.45, 7) is 16.3. The number of likely N-dealkylation sites (tertiary alicyclic amines) is 1. The van der Waals surface area contributed by atoms with Crippen molar-refractivity contribution in [1.29, 1.82) is 0 Å². The number of hydrazine groups is 1. The topological polar surface area (TPSA) is 206 Å². The number of fused-ring (bicyclic) bond motifs is 4. The van der Waals surface area contributed by atoms with Crippen LogP contribution in [0.5, 0.6) is 0 Å². The highest BCUT2D eigenvalue weighted by Gasteiger charge is 2.57. The summed E-state index contributed by atoms with van der Waals surface area (Å²) in [6, 6.07) is 6.59. The van der Waals surface area contributed by atoms with E-state index >= 15 is 4.79 Å². The predicted molar refractivity (Wildman–Crippen MR) is 289 cm³/mol. The fourth-order valence-corrected chi connectivity index (χ4v) is 14.0. The number of nitrogens with zero attached hydrogens (tertiary/aromatic N) is 7. The minimum Gasteiger partial charge on any atom is -0.464 e. The zero-order valence-corrected chi connectivity index (χ0v) is 46.1. The summed E-state index contributed by atoms with van der Waals surface area (Å²) in [5, 5.41) is 29.3. The Morgan fingerprint density at radius 2 is 1.75 bits per heavy atom. The van der Waals surface area contributed by atoms with E-state index in [4.69, 9.17) is 33.7 Å². The molecular formula is C57H77N9O10S. The molecule has 4 aromatic rings. The first-order chi connectivity index (χ1) is 37.2. The van der Waals surface area contributed by atoms with E-state index in [0.29, 0.717) is 83.0 Å². The predicted octanol–water partition coefficient (Wildman–Crippen LogP) is 4.48. The number of rotatable bonds is 14. The number of aromatic nitrogens is 3. The quantitative estimate of drug-likeness (QED) is 0.129. The summed E-state index contributed by atoms with van der Waals surface area (Å²) in [5.74, 6) is -2.46. The van der Waals surface area contributed by atoms with Gasteiger partial charge in [-0.25, -0.2) is 10.4 Å². The van der Waals surface area contributed by atoms with E-state index in [1.165, 1.54) is 29.2 Å². The number of piperazine rings is 1. The van der Waals surface area contributed by atoms with Crippen LogP contribution in [0.4, 0.5) is 5.69 Å². The Labute approximate surface area is 454 Å². The van der Waals surface area contributed by atoms with E-state index < -0.39 is 60.0 Å². The van der Waals surface area contributed by atoms with Crippen LogP contribution in [0.2, 0.25) is 0 Å². The van der Waals surface area contributed by atoms with Crippen molar-refractivity contribution in [3.05, 3.63) is 52.1 Å². The SMILES string of the molecule is CO[C@@H](C)c1ncc(N2CCN(C3CC3)CC2)cc1-c1c2c3cc(ccc3n1CCOC1CCOCC1)-c1csc(n1)[C@@H](N1CC3(COC3)C1)[C@H](NC(=O)[C@@H](O)[C@@H](C)CO)C(=O)N1N[C@H](C(=O)OCC(C)(C)C2)C2CC1C2. The van der Waals surface area contributed by atoms with Gasteiger partial charge in [0, 0.05) is 129 Å². The molecule has 6 saturated heterocycles. The average Bonchev–Trinajstić information content (AvgIpc) is 4.31. The molecule has 6 atom stereocenters. The number of aliphatic hydroxyl groups excluding tert-OH is 2. The van der Waals surface area contributed by atoms with Crippen molar-refractivity contribution < 1.29 is 48.3 Å². The smallest absolute Gasteiger partial charge is 0.325 e. The van der Waals surface area contributed by atoms with Crippen LogP contribution in [0.15, 0.2) is 35.8 Å². The van der Waals surface area contributed by atoms with Gasteiger partial charge in [0.05, 0.1) is 73.6 Å². The van der Waals surface area contributed by atoms with E-state index in [0.717, 1.165) is 89.4 Å². The summed E-state index contributed by atoms with van der Waals surface area (Å²) in [6.07, 6.45) is 6.20. The van der Waals surface area contributed by atoms with Gasteiger partial charge in [-0.15, -0.1) is 11.3 Å². The summed E-state index contributed by atoms with van der Waals surface area (Å²) in [7, 11) is 1.73. The zero-order chi connectivity index (χ0) is 53.3. The van der Waals surface area contributed by atoms with Gasteiger partial charge in [0.25, 0.3) is 5.91 Å². The van der Waals surface area contributed by atoms with Crippen molar-refractivity contribution in [3.63, 3.8) is 0 Å². The van der Waals surface area contributed by atoms with E-state index in [2.05, 4.69) is 75.0 Å². The van der Waals surface area contributed by atoms with E-state index in [1.807, 2.05) is 11.6 Å². The van der Waals surface area contributed by atoms with Gasteiger partial charge in [0.1, 0.15) is 23.2 Å². The van der Waals surface area contributed by atoms with Crippen molar-refractivity contribution in [3.8, 4) is 22.5 Å². The molecule has 4 N–H and O–H groups in total. The van der Waals surface area contributed by atoms with Crippen molar-refractivity contribution >= 4 is 45.7 Å². The van der Waals surface area contributed by atoms with Gasteiger partial charge in [0.15, 0.2) is 0 Å². The number of hydrogen-bond acceptors (Lipinski definition) is 17. The number of carbonyl (C=O) groups is 3. The van der Waals surface area contributed by atoms with E-state index in [9.17, 15) is 19.8 Å². The lowest BCUT2D eigenvalue weighted by Gasteiger charge is -2.58. The monoisotopic (exact) mass is 1080 g/mol. The van der Waals surface area contributed by atoms with Crippen LogP contribution in [0.3, 0.4) is 0 Å². The lowest BCUT2D eigenvalue weighted by molar-refractivity contribution is -0.204. The maximum Gasteiger partial charge on any atom is 0.325 e. The van der Waals surface area contributed by atoms with Crippen LogP contribution >= 0.6 is 11.3 Å². The first kappa shape index (κ1) is 53.1. The fraction of sp³-hybridized carbons (Fsp3) is 0.667. The first-order valence-corrected chi connectivity index (χ1v) is 29.1. The molecule has 8 fully saturated rings. The van der Waals surface area contributed by atoms with Crippen LogP contribution in [0, 0.1) is 22.7 Å². The van der Waals surface area contributed by atoms with Gasteiger partial charge in [-0.2, -0.15) is 0 Å². The van der Waals surface area contributed by atoms with Crippen molar-refractivity contribution in [2.75, 3.05) is 97.5 Å². The molecule has 3 aromatic heterocycles. The van der Waals surface area contributed by atoms with Crippen LogP contribution in [-0.4, -0.2) is 186 Å². The number of pyridine rings is 1. The van der Waals surface area contributed by atoms with Crippen LogP contribution in [0.1, 0.15) is 94.6 Å². The van der Waals surface area contributed by atoms with Gasteiger partial charge >= 0.3 is 5.97 Å². The Morgan fingerprint density at radius 3 is 2.45 bits per heavy atom. The molecule has 7 aliphatic heterocycles. The van der Waals surface area contributed by atoms with Gasteiger partial charge < -0.3 is 48.7 Å². The Bertz CT molecular complexity index is 2820. The van der Waals surface area contributed by atoms with Gasteiger partial charge in [0.2, 0.25) is 5.91 Å². The highest BCUT2D eigenvalue weighted by molar-refractivity contribution is 7.10. The van der Waals surface area contributed by atoms with Gasteiger partial charge in [-0.1, -0.05) is 26.8 Å². The molecule has 416 valence electrons. The number of methoxy groups -OCH3 is 1. The molecule has 9 aliphatic rings. The van der Waals surface area contributed by atoms with Crippen LogP contribution < -0.4 is 15.6 Å². The lowest BCUT2D eigenvalue weighted by Crippen LogP contribution is -2.74. The first-order valence-electron chi connectivity index (χ1n) is 28.2. The van der Waals surface area contributed by atoms with Gasteiger partial charge in [-0.05, 0) is 81.5 Å². The Kier molecular flexibility index (Phi) is 14.8. The minimum atomic E-state index is -1.58. The average molecular weight is 1080 g/mol. The molecule has 20 heteroatoms. The molecule has 0 unspecified atom stereocenters. The lowest BCUT2D eigenvalue weighted by atomic mass is 9.72. The third-order valence-electron chi connectivity index (χ3n) is 18.0. The normalized spacial score (nSPS) is 28.0. The number of anilines is 1. The zero-order valence-electron chi connectivity index (χ0n) is 45.3. The van der Waals surface area contributed by atoms with Crippen molar-refractivity contribution in [2.24, 2.45) is 22.7 Å². The van der Waals surface area contributed by atoms with Crippen LogP contribution in [0.25, 0.3) is 33.4 Å². The molecule has 2 aliphatic carbocycles. The Balaban J connectivity index is 1.01. The minimum absolute atomic E-state index is 0.0410. The Morgan fingerprint density at radius 1 is 0.987 bits per heavy atom. The number of carbonyl (C=O) groups excluding carboxylic acids is 3. The number of thiazole rings is 1. The van der Waals surface area contributed by atoms with Crippen molar-refractivity contribution in [2.45, 2.75) is 128 Å². The number of amides is 2. The highest BCUT2D eigenvalue weighted by Crippen LogP contribution is 2.48. The number of aliphatic hydroxyl groups is 2. The largest absolute Gasteiger partial charge is 0.464 e. The highest BCUT2D eigenvalue weighted by atomic mass is 32.1. The molecule has 77 heavy (non-hydrogen) atoms.